The number of morpholine rings is 1. The molecule has 20 heavy (non-hydrogen) atoms. The summed E-state index contributed by atoms with van der Waals surface area (Å²) in [6.07, 6.45) is 3.04. The molecule has 4 heteroatoms. The minimum Gasteiger partial charge on any atom is -0.374 e. The van der Waals surface area contributed by atoms with Crippen molar-refractivity contribution in [3.05, 3.63) is 35.4 Å². The summed E-state index contributed by atoms with van der Waals surface area (Å²) in [4.78, 5) is 2.57. The first-order chi connectivity index (χ1) is 9.85. The fourth-order valence-corrected chi connectivity index (χ4v) is 2.71. The molecule has 1 aromatic rings. The minimum absolute atomic E-state index is 0.308. The van der Waals surface area contributed by atoms with Gasteiger partial charge in [0.1, 0.15) is 0 Å². The third kappa shape index (κ3) is 3.57. The highest BCUT2D eigenvalue weighted by atomic mass is 16.5. The van der Waals surface area contributed by atoms with Crippen LogP contribution in [-0.2, 0) is 11.3 Å². The van der Waals surface area contributed by atoms with Crippen LogP contribution >= 0.6 is 0 Å². The topological polar surface area (TPSA) is 48.3 Å². The minimum atomic E-state index is 0.308. The van der Waals surface area contributed by atoms with Gasteiger partial charge in [0.05, 0.1) is 24.3 Å². The van der Waals surface area contributed by atoms with Crippen molar-refractivity contribution in [2.45, 2.75) is 31.5 Å². The van der Waals surface area contributed by atoms with E-state index in [1.54, 1.807) is 0 Å². The van der Waals surface area contributed by atoms with Crippen LogP contribution in [-0.4, -0.2) is 43.3 Å². The number of ether oxygens (including phenoxy) is 1. The molecule has 1 saturated heterocycles. The molecule has 2 aliphatic rings. The van der Waals surface area contributed by atoms with Crippen molar-refractivity contribution < 1.29 is 4.74 Å². The second-order valence-electron chi connectivity index (χ2n) is 5.66. The molecule has 0 spiro atoms. The van der Waals surface area contributed by atoms with E-state index in [4.69, 9.17) is 10.00 Å². The quantitative estimate of drug-likeness (QED) is 0.882. The third-order valence-electron chi connectivity index (χ3n) is 4.02. The smallest absolute Gasteiger partial charge is 0.0991 e. The molecule has 1 N–H and O–H groups in total. The van der Waals surface area contributed by atoms with Crippen LogP contribution in [0.2, 0.25) is 0 Å². The molecule has 1 unspecified atom stereocenters. The first-order valence-electron chi connectivity index (χ1n) is 7.40. The first kappa shape index (κ1) is 13.6. The van der Waals surface area contributed by atoms with Gasteiger partial charge in [-0.25, -0.2) is 0 Å². The molecule has 1 aliphatic carbocycles. The van der Waals surface area contributed by atoms with Crippen LogP contribution in [0.5, 0.6) is 0 Å². The normalized spacial score (nSPS) is 23.4. The van der Waals surface area contributed by atoms with Crippen LogP contribution in [0.25, 0.3) is 0 Å². The summed E-state index contributed by atoms with van der Waals surface area (Å²) in [5, 5.41) is 12.2. The molecular weight excluding hydrogens is 250 g/mol. The van der Waals surface area contributed by atoms with Gasteiger partial charge in [-0.15, -0.1) is 0 Å². The van der Waals surface area contributed by atoms with E-state index in [-0.39, 0.29) is 0 Å². The van der Waals surface area contributed by atoms with Crippen molar-refractivity contribution in [1.29, 1.82) is 5.26 Å². The van der Waals surface area contributed by atoms with E-state index in [9.17, 15) is 0 Å². The lowest BCUT2D eigenvalue weighted by molar-refractivity contribution is -0.0301. The Kier molecular flexibility index (Phi) is 4.31. The predicted molar refractivity (Wildman–Crippen MR) is 77.2 cm³/mol. The van der Waals surface area contributed by atoms with Gasteiger partial charge in [0.15, 0.2) is 0 Å². The van der Waals surface area contributed by atoms with Gasteiger partial charge < -0.3 is 10.1 Å². The van der Waals surface area contributed by atoms with Crippen LogP contribution in [0.4, 0.5) is 0 Å². The summed E-state index contributed by atoms with van der Waals surface area (Å²) < 4.78 is 5.81. The maximum Gasteiger partial charge on any atom is 0.0991 e. The largest absolute Gasteiger partial charge is 0.374 e. The van der Waals surface area contributed by atoms with Crippen molar-refractivity contribution in [1.82, 2.24) is 10.2 Å². The molecule has 4 nitrogen and oxygen atoms in total. The Hall–Kier alpha value is -1.41. The summed E-state index contributed by atoms with van der Waals surface area (Å²) in [5.41, 5.74) is 1.92. The summed E-state index contributed by atoms with van der Waals surface area (Å²) in [5.74, 6) is 0. The lowest BCUT2D eigenvalue weighted by Gasteiger charge is -2.33. The van der Waals surface area contributed by atoms with Crippen molar-refractivity contribution >= 4 is 0 Å². The van der Waals surface area contributed by atoms with Gasteiger partial charge in [0, 0.05) is 32.2 Å². The summed E-state index contributed by atoms with van der Waals surface area (Å²) in [6.45, 7) is 4.74. The van der Waals surface area contributed by atoms with E-state index in [1.165, 1.54) is 18.4 Å². The number of nitrogens with one attached hydrogen (secondary N) is 1. The molecule has 1 atom stereocenters. The molecule has 1 heterocycles. The van der Waals surface area contributed by atoms with Gasteiger partial charge in [-0.2, -0.15) is 5.26 Å². The molecule has 0 amide bonds. The lowest BCUT2D eigenvalue weighted by Crippen LogP contribution is -2.47. The Morgan fingerprint density at radius 3 is 2.80 bits per heavy atom. The van der Waals surface area contributed by atoms with Crippen LogP contribution in [0.15, 0.2) is 24.3 Å². The van der Waals surface area contributed by atoms with Gasteiger partial charge in [0.25, 0.3) is 0 Å². The van der Waals surface area contributed by atoms with Gasteiger partial charge >= 0.3 is 0 Å². The Bertz CT molecular complexity index is 475. The maximum absolute atomic E-state index is 8.76. The Morgan fingerprint density at radius 2 is 2.10 bits per heavy atom. The van der Waals surface area contributed by atoms with E-state index in [1.807, 2.05) is 24.3 Å². The molecular formula is C16H21N3O. The zero-order valence-electron chi connectivity index (χ0n) is 11.7. The fraction of sp³-hybridized carbons (Fsp3) is 0.562. The van der Waals surface area contributed by atoms with Gasteiger partial charge in [-0.1, -0.05) is 12.1 Å². The van der Waals surface area contributed by atoms with E-state index < -0.39 is 0 Å². The highest BCUT2D eigenvalue weighted by Gasteiger charge is 2.32. The first-order valence-corrected chi connectivity index (χ1v) is 7.40. The molecule has 0 bridgehead atoms. The third-order valence-corrected chi connectivity index (χ3v) is 4.02. The zero-order chi connectivity index (χ0) is 13.8. The summed E-state index contributed by atoms with van der Waals surface area (Å²) in [6, 6.07) is 10.7. The number of hydrogen-bond acceptors (Lipinski definition) is 4. The van der Waals surface area contributed by atoms with Gasteiger partial charge in [-0.05, 0) is 30.5 Å². The zero-order valence-corrected chi connectivity index (χ0v) is 11.7. The van der Waals surface area contributed by atoms with Crippen molar-refractivity contribution in [3.63, 3.8) is 0 Å². The Labute approximate surface area is 120 Å². The van der Waals surface area contributed by atoms with E-state index >= 15 is 0 Å². The average Bonchev–Trinajstić information content (AvgIpc) is 3.33. The lowest BCUT2D eigenvalue weighted by atomic mass is 10.1. The Balaban J connectivity index is 1.41. The van der Waals surface area contributed by atoms with Crippen molar-refractivity contribution in [3.8, 4) is 6.07 Å². The highest BCUT2D eigenvalue weighted by molar-refractivity contribution is 5.31. The molecule has 2 fully saturated rings. The number of nitrogens with zero attached hydrogens (tertiary/aromatic N) is 2. The molecule has 1 saturated carbocycles. The van der Waals surface area contributed by atoms with Crippen molar-refractivity contribution in [2.24, 2.45) is 0 Å². The van der Waals surface area contributed by atoms with E-state index in [2.05, 4.69) is 16.3 Å². The van der Waals surface area contributed by atoms with E-state index in [0.717, 1.165) is 38.8 Å². The number of benzene rings is 1. The van der Waals surface area contributed by atoms with Crippen LogP contribution in [0.1, 0.15) is 24.0 Å². The van der Waals surface area contributed by atoms with Crippen LogP contribution in [0.3, 0.4) is 0 Å². The number of rotatable bonds is 5. The predicted octanol–water partition coefficient (Wildman–Crippen LogP) is 1.51. The van der Waals surface area contributed by atoms with Gasteiger partial charge in [-0.3, -0.25) is 4.90 Å². The number of nitriles is 1. The molecule has 0 radical (unpaired) electrons. The Morgan fingerprint density at radius 1 is 1.30 bits per heavy atom. The molecule has 1 aromatic carbocycles. The summed E-state index contributed by atoms with van der Waals surface area (Å²) >= 11 is 0. The highest BCUT2D eigenvalue weighted by Crippen LogP contribution is 2.28. The monoisotopic (exact) mass is 271 g/mol. The van der Waals surface area contributed by atoms with Gasteiger partial charge in [0.2, 0.25) is 0 Å². The number of hydrogen-bond donors (Lipinski definition) is 1. The van der Waals surface area contributed by atoms with Crippen LogP contribution < -0.4 is 5.32 Å². The van der Waals surface area contributed by atoms with Crippen LogP contribution in [0, 0.1) is 11.3 Å². The SMILES string of the molecule is N#Cc1ccc(CNCC2CN(C3CC3)CCO2)cc1. The standard InChI is InChI=1S/C16H21N3O/c17-9-13-1-3-14(4-2-13)10-18-11-16-12-19(7-8-20-16)15-5-6-15/h1-4,15-16,18H,5-8,10-12H2. The second-order valence-corrected chi connectivity index (χ2v) is 5.66. The molecule has 1 aliphatic heterocycles. The second kappa shape index (κ2) is 6.36. The molecule has 0 aromatic heterocycles. The van der Waals surface area contributed by atoms with E-state index in [0.29, 0.717) is 11.7 Å². The maximum atomic E-state index is 8.76. The molecule has 106 valence electrons. The molecule has 3 rings (SSSR count). The fourth-order valence-electron chi connectivity index (χ4n) is 2.71. The average molecular weight is 271 g/mol. The summed E-state index contributed by atoms with van der Waals surface area (Å²) in [7, 11) is 0. The van der Waals surface area contributed by atoms with Crippen molar-refractivity contribution in [2.75, 3.05) is 26.2 Å².